The number of morpholine rings is 1. The van der Waals surface area contributed by atoms with Gasteiger partial charge in [-0.3, -0.25) is 24.2 Å². The van der Waals surface area contributed by atoms with E-state index < -0.39 is 5.91 Å². The molecular formula is C17H16BrN3O4S. The second kappa shape index (κ2) is 6.80. The highest BCUT2D eigenvalue weighted by atomic mass is 79.9. The number of hydrogen-bond acceptors (Lipinski definition) is 6. The normalized spacial score (nSPS) is 24.0. The standard InChI is InChI=1S/C17H16BrN3O4S/c1-19-12-3-2-10(18)8-11(12)13(15(19)22)14-16(23)21(17(24)26-14)9-20-4-6-25-7-5-20/h2-3,8H,4-7,9H2,1H3/b14-13-. The van der Waals surface area contributed by atoms with Gasteiger partial charge >= 0.3 is 0 Å². The van der Waals surface area contributed by atoms with Gasteiger partial charge in [0.2, 0.25) is 0 Å². The Balaban J connectivity index is 1.69. The Bertz CT molecular complexity index is 850. The molecule has 3 aliphatic heterocycles. The summed E-state index contributed by atoms with van der Waals surface area (Å²) < 4.78 is 6.11. The summed E-state index contributed by atoms with van der Waals surface area (Å²) in [6.45, 7) is 2.74. The third-order valence-corrected chi connectivity index (χ3v) is 6.10. The molecule has 4 rings (SSSR count). The molecule has 0 bridgehead atoms. The number of hydrogen-bond donors (Lipinski definition) is 0. The van der Waals surface area contributed by atoms with Crippen molar-refractivity contribution >= 4 is 56.0 Å². The highest BCUT2D eigenvalue weighted by molar-refractivity contribution is 9.10. The van der Waals surface area contributed by atoms with E-state index in [-0.39, 0.29) is 22.7 Å². The van der Waals surface area contributed by atoms with E-state index in [2.05, 4.69) is 15.9 Å². The first-order chi connectivity index (χ1) is 12.5. The van der Waals surface area contributed by atoms with Crippen molar-refractivity contribution in [2.75, 3.05) is 44.9 Å². The maximum absolute atomic E-state index is 12.9. The molecule has 1 aromatic rings. The Labute approximate surface area is 163 Å². The molecule has 3 aliphatic rings. The maximum atomic E-state index is 12.9. The van der Waals surface area contributed by atoms with Crippen LogP contribution in [-0.4, -0.2) is 66.9 Å². The minimum Gasteiger partial charge on any atom is -0.379 e. The minimum atomic E-state index is -0.406. The number of nitrogens with zero attached hydrogens (tertiary/aromatic N) is 3. The predicted molar refractivity (Wildman–Crippen MR) is 102 cm³/mol. The number of likely N-dealkylation sites (N-methyl/N-ethyl adjacent to an activating group) is 1. The number of amides is 3. The van der Waals surface area contributed by atoms with E-state index in [9.17, 15) is 14.4 Å². The Hall–Kier alpha value is -1.68. The molecular weight excluding hydrogens is 422 g/mol. The summed E-state index contributed by atoms with van der Waals surface area (Å²) in [5.74, 6) is -0.675. The van der Waals surface area contributed by atoms with Crippen LogP contribution in [0.3, 0.4) is 0 Å². The molecule has 0 N–H and O–H groups in total. The summed E-state index contributed by atoms with van der Waals surface area (Å²) >= 11 is 4.24. The molecule has 1 aromatic carbocycles. The fourth-order valence-corrected chi connectivity index (χ4v) is 4.51. The second-order valence-corrected chi connectivity index (χ2v) is 8.08. The van der Waals surface area contributed by atoms with Crippen LogP contribution in [0.4, 0.5) is 10.5 Å². The molecule has 0 aromatic heterocycles. The van der Waals surface area contributed by atoms with E-state index in [0.29, 0.717) is 37.4 Å². The lowest BCUT2D eigenvalue weighted by atomic mass is 10.1. The average molecular weight is 438 g/mol. The smallest absolute Gasteiger partial charge is 0.294 e. The number of ether oxygens (including phenoxy) is 1. The van der Waals surface area contributed by atoms with E-state index >= 15 is 0 Å². The van der Waals surface area contributed by atoms with Crippen LogP contribution >= 0.6 is 27.7 Å². The van der Waals surface area contributed by atoms with Gasteiger partial charge in [-0.2, -0.15) is 0 Å². The second-order valence-electron chi connectivity index (χ2n) is 6.20. The molecule has 0 saturated carbocycles. The van der Waals surface area contributed by atoms with Crippen LogP contribution in [0.5, 0.6) is 0 Å². The first-order valence-electron chi connectivity index (χ1n) is 8.13. The Kier molecular flexibility index (Phi) is 4.64. The monoisotopic (exact) mass is 437 g/mol. The number of carbonyl (C=O) groups excluding carboxylic acids is 3. The van der Waals surface area contributed by atoms with Gasteiger partial charge in [0.1, 0.15) is 0 Å². The number of carbonyl (C=O) groups is 3. The molecule has 26 heavy (non-hydrogen) atoms. The third kappa shape index (κ3) is 2.88. The van der Waals surface area contributed by atoms with Crippen molar-refractivity contribution in [2.45, 2.75) is 0 Å². The van der Waals surface area contributed by atoms with E-state index in [1.54, 1.807) is 7.05 Å². The first kappa shape index (κ1) is 17.7. The highest BCUT2D eigenvalue weighted by Gasteiger charge is 2.43. The highest BCUT2D eigenvalue weighted by Crippen LogP contribution is 2.44. The Morgan fingerprint density at radius 1 is 1.15 bits per heavy atom. The van der Waals surface area contributed by atoms with Crippen LogP contribution in [0, 0.1) is 0 Å². The third-order valence-electron chi connectivity index (χ3n) is 4.63. The Morgan fingerprint density at radius 2 is 1.88 bits per heavy atom. The molecule has 0 radical (unpaired) electrons. The largest absolute Gasteiger partial charge is 0.379 e. The fraction of sp³-hybridized carbons (Fsp3) is 0.353. The molecule has 3 amide bonds. The molecule has 0 atom stereocenters. The summed E-state index contributed by atoms with van der Waals surface area (Å²) in [7, 11) is 1.67. The van der Waals surface area contributed by atoms with Crippen LogP contribution in [0.1, 0.15) is 5.56 Å². The number of thioether (sulfide) groups is 1. The zero-order chi connectivity index (χ0) is 18.4. The van der Waals surface area contributed by atoms with Crippen molar-refractivity contribution in [3.05, 3.63) is 33.1 Å². The predicted octanol–water partition coefficient (Wildman–Crippen LogP) is 2.12. The van der Waals surface area contributed by atoms with Gasteiger partial charge in [0.15, 0.2) is 0 Å². The van der Waals surface area contributed by atoms with Crippen LogP contribution in [0.2, 0.25) is 0 Å². The number of imide groups is 1. The zero-order valence-corrected chi connectivity index (χ0v) is 16.4. The van der Waals surface area contributed by atoms with Gasteiger partial charge in [-0.25, -0.2) is 0 Å². The van der Waals surface area contributed by atoms with E-state index in [4.69, 9.17) is 4.74 Å². The molecule has 2 saturated heterocycles. The van der Waals surface area contributed by atoms with E-state index in [1.807, 2.05) is 23.1 Å². The van der Waals surface area contributed by atoms with Crippen LogP contribution < -0.4 is 4.90 Å². The number of benzene rings is 1. The molecule has 136 valence electrons. The first-order valence-corrected chi connectivity index (χ1v) is 9.74. The molecule has 7 nitrogen and oxygen atoms in total. The maximum Gasteiger partial charge on any atom is 0.294 e. The van der Waals surface area contributed by atoms with Crippen molar-refractivity contribution in [1.82, 2.24) is 9.80 Å². The van der Waals surface area contributed by atoms with Crippen LogP contribution in [0.15, 0.2) is 27.6 Å². The van der Waals surface area contributed by atoms with Gasteiger partial charge in [0, 0.05) is 30.2 Å². The van der Waals surface area contributed by atoms with Crippen LogP contribution in [0.25, 0.3) is 5.57 Å². The molecule has 9 heteroatoms. The number of fused-ring (bicyclic) bond motifs is 1. The molecule has 0 unspecified atom stereocenters. The van der Waals surface area contributed by atoms with Crippen LogP contribution in [-0.2, 0) is 14.3 Å². The average Bonchev–Trinajstić information content (AvgIpc) is 3.03. The number of halogens is 1. The van der Waals surface area contributed by atoms with E-state index in [1.165, 1.54) is 9.80 Å². The summed E-state index contributed by atoms with van der Waals surface area (Å²) in [5, 5.41) is -0.345. The van der Waals surface area contributed by atoms with Gasteiger partial charge in [0.05, 0.1) is 36.0 Å². The SMILES string of the molecule is CN1C(=O)/C(=C2\SC(=O)N(CN3CCOCC3)C2=O)c2cc(Br)ccc21. The van der Waals surface area contributed by atoms with Gasteiger partial charge in [-0.1, -0.05) is 15.9 Å². The van der Waals surface area contributed by atoms with E-state index in [0.717, 1.165) is 21.9 Å². The summed E-state index contributed by atoms with van der Waals surface area (Å²) in [6, 6.07) is 5.47. The topological polar surface area (TPSA) is 70.2 Å². The lowest BCUT2D eigenvalue weighted by Gasteiger charge is -2.29. The van der Waals surface area contributed by atoms with Crippen molar-refractivity contribution in [2.24, 2.45) is 0 Å². The molecule has 3 heterocycles. The van der Waals surface area contributed by atoms with Crippen molar-refractivity contribution in [3.63, 3.8) is 0 Å². The summed E-state index contributed by atoms with van der Waals surface area (Å²) in [5.41, 5.74) is 1.70. The van der Waals surface area contributed by atoms with Gasteiger partial charge in [-0.15, -0.1) is 0 Å². The van der Waals surface area contributed by atoms with Gasteiger partial charge < -0.3 is 9.64 Å². The zero-order valence-electron chi connectivity index (χ0n) is 14.0. The lowest BCUT2D eigenvalue weighted by Crippen LogP contribution is -2.45. The Morgan fingerprint density at radius 3 is 2.62 bits per heavy atom. The fourth-order valence-electron chi connectivity index (χ4n) is 3.23. The van der Waals surface area contributed by atoms with Crippen molar-refractivity contribution in [3.8, 4) is 0 Å². The lowest BCUT2D eigenvalue weighted by molar-refractivity contribution is -0.125. The summed E-state index contributed by atoms with van der Waals surface area (Å²) in [4.78, 5) is 43.0. The number of anilines is 1. The number of rotatable bonds is 2. The molecule has 0 aliphatic carbocycles. The van der Waals surface area contributed by atoms with Gasteiger partial charge in [0.25, 0.3) is 17.1 Å². The molecule has 2 fully saturated rings. The summed E-state index contributed by atoms with van der Waals surface area (Å²) in [6.07, 6.45) is 0. The minimum absolute atomic E-state index is 0.206. The van der Waals surface area contributed by atoms with Crippen molar-refractivity contribution < 1.29 is 19.1 Å². The quantitative estimate of drug-likeness (QED) is 0.659. The van der Waals surface area contributed by atoms with Gasteiger partial charge in [-0.05, 0) is 30.0 Å². The van der Waals surface area contributed by atoms with Crippen molar-refractivity contribution in [1.29, 1.82) is 0 Å². The molecule has 0 spiro atoms.